The number of carbonyl (C=O) groups excluding carboxylic acids is 3. The molecule has 3 unspecified atom stereocenters. The minimum atomic E-state index is -1.25. The van der Waals surface area contributed by atoms with E-state index in [0.29, 0.717) is 24.9 Å². The molecule has 2 bridgehead atoms. The lowest BCUT2D eigenvalue weighted by Gasteiger charge is -2.41. The third kappa shape index (κ3) is 5.52. The molecular weight excluding hydrogens is 624 g/mol. The van der Waals surface area contributed by atoms with E-state index in [4.69, 9.17) is 9.47 Å². The number of aliphatic hydroxyl groups excluding tert-OH is 1. The average Bonchev–Trinajstić information content (AvgIpc) is 3.62. The van der Waals surface area contributed by atoms with E-state index in [1.54, 1.807) is 15.9 Å². The van der Waals surface area contributed by atoms with Crippen LogP contribution in [0, 0.1) is 17.8 Å². The lowest BCUT2D eigenvalue weighted by Crippen LogP contribution is -2.60. The summed E-state index contributed by atoms with van der Waals surface area (Å²) in [5, 5.41) is 12.7. The summed E-state index contributed by atoms with van der Waals surface area (Å²) >= 11 is 3.73. The summed E-state index contributed by atoms with van der Waals surface area (Å²) in [5.74, 6) is -2.99. The molecule has 8 nitrogen and oxygen atoms in total. The second kappa shape index (κ2) is 13.5. The van der Waals surface area contributed by atoms with E-state index in [9.17, 15) is 19.5 Å². The standard InChI is InChI=1S/C35H43BrN2O6/c1-5-8-9-12-18-43-34(42)28-29-32(40)38(27(21-39)22(4)7-3)31(35(29)20-26(36)30(28)44-35)33(41)37(17-6-2)25-16-15-23-13-10-11-14-24(23)19-25/h5-6,10-11,13-16,19,22,26-31,39H,1-2,7-9,12,17-18,20-21H2,3-4H3/t22-,26?,27-,28+,29-,30+,31?,35?/m0/s1. The highest BCUT2D eigenvalue weighted by Crippen LogP contribution is 2.61. The van der Waals surface area contributed by atoms with Crippen molar-refractivity contribution < 1.29 is 29.0 Å². The van der Waals surface area contributed by atoms with Gasteiger partial charge in [-0.2, -0.15) is 0 Å². The number of allylic oxidation sites excluding steroid dienone is 1. The second-order valence-electron chi connectivity index (χ2n) is 12.3. The Labute approximate surface area is 268 Å². The number of rotatable bonds is 14. The van der Waals surface area contributed by atoms with Crippen LogP contribution in [-0.4, -0.2) is 76.2 Å². The molecule has 3 saturated heterocycles. The third-order valence-electron chi connectivity index (χ3n) is 9.75. The summed E-state index contributed by atoms with van der Waals surface area (Å²) in [4.78, 5) is 46.0. The molecule has 44 heavy (non-hydrogen) atoms. The fourth-order valence-electron chi connectivity index (χ4n) is 7.39. The fourth-order valence-corrected chi connectivity index (χ4v) is 8.33. The Bertz CT molecular complexity index is 1410. The molecule has 9 heteroatoms. The van der Waals surface area contributed by atoms with Gasteiger partial charge in [-0.3, -0.25) is 14.4 Å². The molecule has 2 amide bonds. The minimum Gasteiger partial charge on any atom is -0.465 e. The first-order valence-electron chi connectivity index (χ1n) is 15.7. The topological polar surface area (TPSA) is 96.4 Å². The van der Waals surface area contributed by atoms with E-state index in [1.807, 2.05) is 62.4 Å². The molecule has 0 saturated carbocycles. The van der Waals surface area contributed by atoms with Gasteiger partial charge in [0.05, 0.1) is 37.2 Å². The number of nitrogens with zero attached hydrogens (tertiary/aromatic N) is 2. The number of likely N-dealkylation sites (tertiary alicyclic amines) is 1. The summed E-state index contributed by atoms with van der Waals surface area (Å²) in [7, 11) is 0. The van der Waals surface area contributed by atoms with Crippen molar-refractivity contribution in [3.63, 3.8) is 0 Å². The molecule has 1 spiro atoms. The lowest BCUT2D eigenvalue weighted by atomic mass is 9.70. The lowest BCUT2D eigenvalue weighted by molar-refractivity contribution is -0.156. The molecule has 0 radical (unpaired) electrons. The largest absolute Gasteiger partial charge is 0.465 e. The SMILES string of the molecule is C=CCCCCOC(=O)[C@H]1[C@@H]2OC3(CC2Br)C(C(=O)N(CC=C)c2ccc4ccccc4c2)N([C@@H](CO)[C@@H](C)CC)C(=O)[C@H]13. The number of benzene rings is 2. The number of carbonyl (C=O) groups is 3. The monoisotopic (exact) mass is 666 g/mol. The number of amides is 2. The van der Waals surface area contributed by atoms with Crippen molar-refractivity contribution in [2.75, 3.05) is 24.7 Å². The second-order valence-corrected chi connectivity index (χ2v) is 13.4. The molecule has 3 aliphatic heterocycles. The number of alkyl halides is 1. The molecule has 3 heterocycles. The van der Waals surface area contributed by atoms with Crippen molar-refractivity contribution in [2.45, 2.75) is 74.6 Å². The van der Waals surface area contributed by atoms with Gasteiger partial charge in [-0.15, -0.1) is 13.2 Å². The normalized spacial score (nSPS) is 28.5. The van der Waals surface area contributed by atoms with Crippen molar-refractivity contribution in [1.29, 1.82) is 0 Å². The summed E-state index contributed by atoms with van der Waals surface area (Å²) in [6.45, 7) is 11.7. The number of hydrogen-bond acceptors (Lipinski definition) is 6. The highest BCUT2D eigenvalue weighted by atomic mass is 79.9. The maximum Gasteiger partial charge on any atom is 0.312 e. The fraction of sp³-hybridized carbons (Fsp3) is 0.514. The maximum atomic E-state index is 14.9. The molecule has 2 aromatic rings. The quantitative estimate of drug-likeness (QED) is 0.125. The van der Waals surface area contributed by atoms with Crippen molar-refractivity contribution in [3.8, 4) is 0 Å². The minimum absolute atomic E-state index is 0.102. The molecule has 236 valence electrons. The number of esters is 1. The zero-order chi connectivity index (χ0) is 31.6. The van der Waals surface area contributed by atoms with Gasteiger partial charge in [0.2, 0.25) is 5.91 Å². The Morgan fingerprint density at radius 3 is 2.64 bits per heavy atom. The molecule has 0 aromatic heterocycles. The van der Waals surface area contributed by atoms with Crippen LogP contribution in [0.3, 0.4) is 0 Å². The molecule has 0 aliphatic carbocycles. The van der Waals surface area contributed by atoms with Crippen molar-refractivity contribution >= 4 is 50.2 Å². The van der Waals surface area contributed by atoms with Gasteiger partial charge in [0.15, 0.2) is 0 Å². The third-order valence-corrected chi connectivity index (χ3v) is 10.6. The van der Waals surface area contributed by atoms with E-state index in [-0.39, 0.29) is 42.3 Å². The Kier molecular flexibility index (Phi) is 9.97. The van der Waals surface area contributed by atoms with Crippen LogP contribution >= 0.6 is 15.9 Å². The first-order chi connectivity index (χ1) is 21.2. The molecule has 2 aromatic carbocycles. The van der Waals surface area contributed by atoms with E-state index in [1.165, 1.54) is 0 Å². The van der Waals surface area contributed by atoms with Gasteiger partial charge >= 0.3 is 5.97 Å². The summed E-state index contributed by atoms with van der Waals surface area (Å²) < 4.78 is 12.4. The number of ether oxygens (including phenoxy) is 2. The van der Waals surface area contributed by atoms with E-state index in [2.05, 4.69) is 29.1 Å². The summed E-state index contributed by atoms with van der Waals surface area (Å²) in [6.07, 6.45) is 6.32. The number of hydrogen-bond donors (Lipinski definition) is 1. The number of fused-ring (bicyclic) bond motifs is 2. The number of aliphatic hydroxyl groups is 1. The van der Waals surface area contributed by atoms with Crippen LogP contribution in [0.1, 0.15) is 46.0 Å². The first kappa shape index (κ1) is 32.4. The molecule has 3 fully saturated rings. The van der Waals surface area contributed by atoms with Crippen LogP contribution in [0.2, 0.25) is 0 Å². The van der Waals surface area contributed by atoms with E-state index in [0.717, 1.165) is 23.6 Å². The van der Waals surface area contributed by atoms with Crippen LogP contribution in [0.15, 0.2) is 67.8 Å². The maximum absolute atomic E-state index is 14.9. The highest BCUT2D eigenvalue weighted by molar-refractivity contribution is 9.09. The predicted molar refractivity (Wildman–Crippen MR) is 174 cm³/mol. The van der Waals surface area contributed by atoms with Crippen molar-refractivity contribution in [2.24, 2.45) is 17.8 Å². The Balaban J connectivity index is 1.56. The average molecular weight is 668 g/mol. The van der Waals surface area contributed by atoms with Gasteiger partial charge in [0, 0.05) is 17.1 Å². The predicted octanol–water partition coefficient (Wildman–Crippen LogP) is 5.41. The number of anilines is 1. The molecular formula is C35H43BrN2O6. The summed E-state index contributed by atoms with van der Waals surface area (Å²) in [5.41, 5.74) is -0.584. The smallest absolute Gasteiger partial charge is 0.312 e. The zero-order valence-corrected chi connectivity index (χ0v) is 27.2. The molecule has 5 rings (SSSR count). The van der Waals surface area contributed by atoms with Crippen molar-refractivity contribution in [3.05, 3.63) is 67.8 Å². The molecule has 8 atom stereocenters. The van der Waals surface area contributed by atoms with Gasteiger partial charge in [0.25, 0.3) is 5.91 Å². The van der Waals surface area contributed by atoms with Crippen molar-refractivity contribution in [1.82, 2.24) is 4.90 Å². The van der Waals surface area contributed by atoms with Gasteiger partial charge < -0.3 is 24.4 Å². The van der Waals surface area contributed by atoms with Crippen LogP contribution in [-0.2, 0) is 23.9 Å². The highest BCUT2D eigenvalue weighted by Gasteiger charge is 2.77. The number of unbranched alkanes of at least 4 members (excludes halogenated alkanes) is 2. The summed E-state index contributed by atoms with van der Waals surface area (Å²) in [6, 6.07) is 12.1. The van der Waals surface area contributed by atoms with Gasteiger partial charge in [-0.25, -0.2) is 0 Å². The number of halogens is 1. The van der Waals surface area contributed by atoms with Crippen LogP contribution in [0.5, 0.6) is 0 Å². The molecule has 1 N–H and O–H groups in total. The molecule has 3 aliphatic rings. The van der Waals surface area contributed by atoms with E-state index < -0.39 is 41.6 Å². The van der Waals surface area contributed by atoms with Crippen LogP contribution < -0.4 is 4.90 Å². The Morgan fingerprint density at radius 2 is 1.95 bits per heavy atom. The van der Waals surface area contributed by atoms with Gasteiger partial charge in [-0.1, -0.05) is 78.7 Å². The van der Waals surface area contributed by atoms with Crippen LogP contribution in [0.25, 0.3) is 10.8 Å². The van der Waals surface area contributed by atoms with E-state index >= 15 is 0 Å². The van der Waals surface area contributed by atoms with Gasteiger partial charge in [0.1, 0.15) is 11.6 Å². The zero-order valence-electron chi connectivity index (χ0n) is 25.6. The van der Waals surface area contributed by atoms with Gasteiger partial charge in [-0.05, 0) is 54.5 Å². The Morgan fingerprint density at radius 1 is 1.20 bits per heavy atom. The Hall–Kier alpha value is -3.01. The van der Waals surface area contributed by atoms with Crippen LogP contribution in [0.4, 0.5) is 5.69 Å². The first-order valence-corrected chi connectivity index (χ1v) is 16.6.